The second-order valence-electron chi connectivity index (χ2n) is 6.69. The third-order valence-electron chi connectivity index (χ3n) is 4.84. The van der Waals surface area contributed by atoms with Crippen molar-refractivity contribution < 1.29 is 9.47 Å². The standard InChI is InChI=1S/C21H23N3O2/c1-25-17-4-2-3-15(11-17)13-24-10-8-19(14-24)26-18-5-6-20-16(12-18)7-9-23-21(20)22/h2-7,9,11-12,19H,8,10,13-14H2,1H3,(H2,22,23). The summed E-state index contributed by atoms with van der Waals surface area (Å²) in [6.45, 7) is 2.87. The lowest BCUT2D eigenvalue weighted by Crippen LogP contribution is -2.24. The van der Waals surface area contributed by atoms with Crippen LogP contribution in [-0.4, -0.2) is 36.2 Å². The Morgan fingerprint density at radius 3 is 2.96 bits per heavy atom. The predicted molar refractivity (Wildman–Crippen MR) is 103 cm³/mol. The Kier molecular flexibility index (Phi) is 4.63. The lowest BCUT2D eigenvalue weighted by atomic mass is 10.1. The van der Waals surface area contributed by atoms with Gasteiger partial charge >= 0.3 is 0 Å². The lowest BCUT2D eigenvalue weighted by Gasteiger charge is -2.17. The summed E-state index contributed by atoms with van der Waals surface area (Å²) in [6, 6.07) is 16.2. The van der Waals surface area contributed by atoms with Crippen LogP contribution in [0.3, 0.4) is 0 Å². The number of nitrogens with zero attached hydrogens (tertiary/aromatic N) is 2. The highest BCUT2D eigenvalue weighted by molar-refractivity contribution is 5.91. The van der Waals surface area contributed by atoms with E-state index in [4.69, 9.17) is 15.2 Å². The molecule has 0 radical (unpaired) electrons. The summed E-state index contributed by atoms with van der Waals surface area (Å²) < 4.78 is 11.5. The monoisotopic (exact) mass is 349 g/mol. The Labute approximate surface area is 153 Å². The molecule has 5 heteroatoms. The molecule has 0 spiro atoms. The van der Waals surface area contributed by atoms with Gasteiger partial charge in [-0.2, -0.15) is 0 Å². The van der Waals surface area contributed by atoms with Gasteiger partial charge in [-0.25, -0.2) is 4.98 Å². The van der Waals surface area contributed by atoms with Gasteiger partial charge < -0.3 is 15.2 Å². The van der Waals surface area contributed by atoms with E-state index in [0.29, 0.717) is 5.82 Å². The molecule has 4 rings (SSSR count). The van der Waals surface area contributed by atoms with E-state index in [1.807, 2.05) is 36.4 Å². The van der Waals surface area contributed by atoms with Gasteiger partial charge in [0.2, 0.25) is 0 Å². The van der Waals surface area contributed by atoms with E-state index in [2.05, 4.69) is 22.0 Å². The SMILES string of the molecule is COc1cccc(CN2CCC(Oc3ccc4c(N)nccc4c3)C2)c1. The molecule has 0 bridgehead atoms. The van der Waals surface area contributed by atoms with Gasteiger partial charge in [-0.3, -0.25) is 4.90 Å². The van der Waals surface area contributed by atoms with Gasteiger partial charge in [0.15, 0.2) is 0 Å². The van der Waals surface area contributed by atoms with Crippen LogP contribution in [0.4, 0.5) is 5.82 Å². The normalized spacial score (nSPS) is 17.5. The number of fused-ring (bicyclic) bond motifs is 1. The molecule has 26 heavy (non-hydrogen) atoms. The van der Waals surface area contributed by atoms with E-state index >= 15 is 0 Å². The Morgan fingerprint density at radius 1 is 1.15 bits per heavy atom. The number of anilines is 1. The molecule has 1 saturated heterocycles. The first-order valence-electron chi connectivity index (χ1n) is 8.87. The minimum atomic E-state index is 0.206. The number of benzene rings is 2. The molecule has 2 aromatic carbocycles. The van der Waals surface area contributed by atoms with Crippen LogP contribution >= 0.6 is 0 Å². The second-order valence-corrected chi connectivity index (χ2v) is 6.69. The van der Waals surface area contributed by atoms with E-state index in [0.717, 1.165) is 48.3 Å². The van der Waals surface area contributed by atoms with Crippen molar-refractivity contribution in [1.29, 1.82) is 0 Å². The molecular formula is C21H23N3O2. The maximum atomic E-state index is 6.21. The molecule has 1 unspecified atom stereocenters. The van der Waals surface area contributed by atoms with Gasteiger partial charge in [-0.15, -0.1) is 0 Å². The summed E-state index contributed by atoms with van der Waals surface area (Å²) in [5, 5.41) is 2.02. The highest BCUT2D eigenvalue weighted by atomic mass is 16.5. The molecule has 2 N–H and O–H groups in total. The zero-order valence-electron chi connectivity index (χ0n) is 14.9. The molecule has 1 aliphatic heterocycles. The van der Waals surface area contributed by atoms with Crippen LogP contribution in [0.15, 0.2) is 54.7 Å². The topological polar surface area (TPSA) is 60.6 Å². The van der Waals surface area contributed by atoms with Crippen LogP contribution < -0.4 is 15.2 Å². The van der Waals surface area contributed by atoms with Crippen LogP contribution in [0, 0.1) is 0 Å². The van der Waals surface area contributed by atoms with Crippen molar-refractivity contribution >= 4 is 16.6 Å². The fourth-order valence-electron chi connectivity index (χ4n) is 3.51. The molecule has 5 nitrogen and oxygen atoms in total. The minimum Gasteiger partial charge on any atom is -0.497 e. The summed E-state index contributed by atoms with van der Waals surface area (Å²) in [7, 11) is 1.70. The lowest BCUT2D eigenvalue weighted by molar-refractivity contribution is 0.198. The number of nitrogen functional groups attached to an aromatic ring is 1. The average molecular weight is 349 g/mol. The number of likely N-dealkylation sites (tertiary alicyclic amines) is 1. The molecule has 1 aromatic heterocycles. The smallest absolute Gasteiger partial charge is 0.131 e. The quantitative estimate of drug-likeness (QED) is 0.764. The van der Waals surface area contributed by atoms with Gasteiger partial charge in [-0.1, -0.05) is 12.1 Å². The minimum absolute atomic E-state index is 0.206. The zero-order chi connectivity index (χ0) is 17.9. The van der Waals surface area contributed by atoms with Gasteiger partial charge in [0.1, 0.15) is 23.4 Å². The zero-order valence-corrected chi connectivity index (χ0v) is 14.9. The molecule has 3 aromatic rings. The molecule has 1 aliphatic rings. The van der Waals surface area contributed by atoms with Crippen molar-refractivity contribution in [3.63, 3.8) is 0 Å². The Bertz CT molecular complexity index is 913. The summed E-state index contributed by atoms with van der Waals surface area (Å²) >= 11 is 0. The van der Waals surface area contributed by atoms with E-state index in [9.17, 15) is 0 Å². The van der Waals surface area contributed by atoms with Crippen LogP contribution in [0.1, 0.15) is 12.0 Å². The maximum Gasteiger partial charge on any atom is 0.131 e. The molecule has 2 heterocycles. The number of pyridine rings is 1. The van der Waals surface area contributed by atoms with Crippen molar-refractivity contribution in [1.82, 2.24) is 9.88 Å². The van der Waals surface area contributed by atoms with Gasteiger partial charge in [0.25, 0.3) is 0 Å². The molecule has 0 amide bonds. The van der Waals surface area contributed by atoms with Crippen molar-refractivity contribution in [3.8, 4) is 11.5 Å². The number of ether oxygens (including phenoxy) is 2. The van der Waals surface area contributed by atoms with E-state index in [1.54, 1.807) is 13.3 Å². The van der Waals surface area contributed by atoms with E-state index in [1.165, 1.54) is 5.56 Å². The van der Waals surface area contributed by atoms with Crippen LogP contribution in [0.2, 0.25) is 0 Å². The first-order valence-corrected chi connectivity index (χ1v) is 8.87. The van der Waals surface area contributed by atoms with Gasteiger partial charge in [0, 0.05) is 31.2 Å². The molecule has 134 valence electrons. The number of rotatable bonds is 5. The summed E-state index contributed by atoms with van der Waals surface area (Å²) in [5.41, 5.74) is 7.18. The first kappa shape index (κ1) is 16.7. The van der Waals surface area contributed by atoms with Crippen molar-refractivity contribution in [2.24, 2.45) is 0 Å². The van der Waals surface area contributed by atoms with Gasteiger partial charge in [-0.05, 0) is 53.8 Å². The second kappa shape index (κ2) is 7.22. The van der Waals surface area contributed by atoms with E-state index < -0.39 is 0 Å². The molecular weight excluding hydrogens is 326 g/mol. The molecule has 0 saturated carbocycles. The fourth-order valence-corrected chi connectivity index (χ4v) is 3.51. The van der Waals surface area contributed by atoms with Crippen LogP contribution in [-0.2, 0) is 6.54 Å². The average Bonchev–Trinajstić information content (AvgIpc) is 3.09. The summed E-state index contributed by atoms with van der Waals surface area (Å²) in [5.74, 6) is 2.34. The third kappa shape index (κ3) is 3.58. The summed E-state index contributed by atoms with van der Waals surface area (Å²) in [4.78, 5) is 6.54. The van der Waals surface area contributed by atoms with Crippen LogP contribution in [0.25, 0.3) is 10.8 Å². The number of methoxy groups -OCH3 is 1. The third-order valence-corrected chi connectivity index (χ3v) is 4.84. The maximum absolute atomic E-state index is 6.21. The van der Waals surface area contributed by atoms with Gasteiger partial charge in [0.05, 0.1) is 7.11 Å². The van der Waals surface area contributed by atoms with Crippen molar-refractivity contribution in [3.05, 3.63) is 60.3 Å². The number of hydrogen-bond donors (Lipinski definition) is 1. The van der Waals surface area contributed by atoms with Crippen LogP contribution in [0.5, 0.6) is 11.5 Å². The Balaban J connectivity index is 1.39. The molecule has 0 aliphatic carbocycles. The largest absolute Gasteiger partial charge is 0.497 e. The van der Waals surface area contributed by atoms with E-state index in [-0.39, 0.29) is 6.10 Å². The number of aromatic nitrogens is 1. The van der Waals surface area contributed by atoms with Crippen molar-refractivity contribution in [2.45, 2.75) is 19.1 Å². The first-order chi connectivity index (χ1) is 12.7. The predicted octanol–water partition coefficient (Wildman–Crippen LogP) is 3.48. The Hall–Kier alpha value is -2.79. The molecule has 1 atom stereocenters. The fraction of sp³-hybridized carbons (Fsp3) is 0.286. The molecule has 1 fully saturated rings. The Morgan fingerprint density at radius 2 is 2.08 bits per heavy atom. The van der Waals surface area contributed by atoms with Crippen molar-refractivity contribution in [2.75, 3.05) is 25.9 Å². The highest BCUT2D eigenvalue weighted by Gasteiger charge is 2.24. The highest BCUT2D eigenvalue weighted by Crippen LogP contribution is 2.26. The summed E-state index contributed by atoms with van der Waals surface area (Å²) in [6.07, 6.45) is 2.96. The number of nitrogens with two attached hydrogens (primary N) is 1. The number of hydrogen-bond acceptors (Lipinski definition) is 5.